The van der Waals surface area contributed by atoms with Crippen molar-refractivity contribution in [2.75, 3.05) is 7.11 Å². The lowest BCUT2D eigenvalue weighted by Gasteiger charge is -2.24. The molecule has 0 unspecified atom stereocenters. The Balaban J connectivity index is 2.27. The monoisotopic (exact) mass is 252 g/mol. The van der Waals surface area contributed by atoms with Gasteiger partial charge in [0, 0.05) is 12.1 Å². The summed E-state index contributed by atoms with van der Waals surface area (Å²) in [4.78, 5) is 18.9. The van der Waals surface area contributed by atoms with Crippen LogP contribution in [0.1, 0.15) is 41.1 Å². The lowest BCUT2D eigenvalue weighted by molar-refractivity contribution is 0.0598. The van der Waals surface area contributed by atoms with Crippen molar-refractivity contribution in [3.63, 3.8) is 0 Å². The number of nitrogens with one attached hydrogen (secondary N) is 1. The molecule has 0 atom stereocenters. The summed E-state index contributed by atoms with van der Waals surface area (Å²) in [5, 5.41) is 0. The molecule has 1 aromatic heterocycles. The van der Waals surface area contributed by atoms with Crippen molar-refractivity contribution in [3.8, 4) is 0 Å². The number of carbonyl (C=O) groups is 1. The van der Waals surface area contributed by atoms with Crippen molar-refractivity contribution in [1.29, 1.82) is 0 Å². The van der Waals surface area contributed by atoms with E-state index in [-0.39, 0.29) is 0 Å². The van der Waals surface area contributed by atoms with Gasteiger partial charge in [-0.2, -0.15) is 0 Å². The number of aromatic amines is 1. The molecule has 0 aliphatic heterocycles. The fourth-order valence-electron chi connectivity index (χ4n) is 2.06. The van der Waals surface area contributed by atoms with Crippen LogP contribution in [0.2, 0.25) is 0 Å². The average Bonchev–Trinajstić information content (AvgIpc) is 2.22. The number of H-pyrrole nitrogens is 1. The largest absolute Gasteiger partial charge is 0.465 e. The van der Waals surface area contributed by atoms with E-state index in [0.29, 0.717) is 10.2 Å². The highest BCUT2D eigenvalue weighted by atomic mass is 32.1. The van der Waals surface area contributed by atoms with Crippen molar-refractivity contribution in [2.45, 2.75) is 32.6 Å². The van der Waals surface area contributed by atoms with Crippen molar-refractivity contribution < 1.29 is 9.53 Å². The van der Waals surface area contributed by atoms with Crippen molar-refractivity contribution in [1.82, 2.24) is 9.97 Å². The third-order valence-corrected chi connectivity index (χ3v) is 3.55. The topological polar surface area (TPSA) is 55.0 Å². The Kier molecular flexibility index (Phi) is 3.57. The second kappa shape index (κ2) is 4.96. The van der Waals surface area contributed by atoms with Gasteiger partial charge in [-0.15, -0.1) is 0 Å². The summed E-state index contributed by atoms with van der Waals surface area (Å²) in [5.41, 5.74) is 1.12. The molecule has 92 valence electrons. The van der Waals surface area contributed by atoms with Crippen LogP contribution >= 0.6 is 12.2 Å². The van der Waals surface area contributed by atoms with E-state index in [1.807, 2.05) is 6.92 Å². The number of nitrogens with zero attached hydrogens (tertiary/aromatic N) is 1. The summed E-state index contributed by atoms with van der Waals surface area (Å²) in [6.45, 7) is 1.83. The van der Waals surface area contributed by atoms with E-state index in [9.17, 15) is 4.79 Å². The van der Waals surface area contributed by atoms with E-state index in [4.69, 9.17) is 12.2 Å². The Morgan fingerprint density at radius 2 is 2.29 bits per heavy atom. The summed E-state index contributed by atoms with van der Waals surface area (Å²) in [7, 11) is 1.35. The highest BCUT2D eigenvalue weighted by Crippen LogP contribution is 2.28. The number of esters is 1. The molecule has 0 bridgehead atoms. The number of aromatic nitrogens is 2. The summed E-state index contributed by atoms with van der Waals surface area (Å²) in [5.74, 6) is 1.17. The SMILES string of the molecule is COC(=O)c1c(C)[nH]c(CC2CCC2)nc1=S. The molecule has 2 rings (SSSR count). The molecule has 1 fully saturated rings. The van der Waals surface area contributed by atoms with Gasteiger partial charge < -0.3 is 9.72 Å². The molecule has 0 aromatic carbocycles. The number of hydrogen-bond acceptors (Lipinski definition) is 4. The predicted octanol–water partition coefficient (Wildman–Crippen LogP) is 2.58. The van der Waals surface area contributed by atoms with Gasteiger partial charge >= 0.3 is 5.97 Å². The standard InChI is InChI=1S/C12H16N2O2S/c1-7-10(12(15)16-2)11(17)14-9(13-7)6-8-4-3-5-8/h8H,3-6H2,1-2H3,(H,13,14,17). The van der Waals surface area contributed by atoms with Crippen LogP contribution in [-0.2, 0) is 11.2 Å². The second-order valence-electron chi connectivity index (χ2n) is 4.48. The zero-order valence-electron chi connectivity index (χ0n) is 10.1. The average molecular weight is 252 g/mol. The lowest BCUT2D eigenvalue weighted by Crippen LogP contribution is -2.17. The molecule has 1 aromatic rings. The zero-order chi connectivity index (χ0) is 12.4. The number of rotatable bonds is 3. The fraction of sp³-hybridized carbons (Fsp3) is 0.583. The Hall–Kier alpha value is -1.23. The molecule has 1 aliphatic rings. The van der Waals surface area contributed by atoms with Gasteiger partial charge in [0.05, 0.1) is 7.11 Å². The minimum Gasteiger partial charge on any atom is -0.465 e. The quantitative estimate of drug-likeness (QED) is 0.663. The molecule has 1 aliphatic carbocycles. The van der Waals surface area contributed by atoms with E-state index in [0.717, 1.165) is 23.9 Å². The molecule has 5 heteroatoms. The number of ether oxygens (including phenoxy) is 1. The maximum Gasteiger partial charge on any atom is 0.342 e. The molecule has 1 N–H and O–H groups in total. The molecule has 1 saturated carbocycles. The number of carbonyl (C=O) groups excluding carboxylic acids is 1. The van der Waals surface area contributed by atoms with Crippen molar-refractivity contribution in [3.05, 3.63) is 21.7 Å². The van der Waals surface area contributed by atoms with Gasteiger partial charge in [0.1, 0.15) is 16.0 Å². The second-order valence-corrected chi connectivity index (χ2v) is 4.87. The normalized spacial score (nSPS) is 15.4. The molecule has 0 spiro atoms. The van der Waals surface area contributed by atoms with E-state index < -0.39 is 5.97 Å². The Morgan fingerprint density at radius 1 is 1.59 bits per heavy atom. The molecule has 0 radical (unpaired) electrons. The van der Waals surface area contributed by atoms with E-state index in [1.165, 1.54) is 26.4 Å². The molecule has 1 heterocycles. The van der Waals surface area contributed by atoms with Crippen LogP contribution in [0.3, 0.4) is 0 Å². The van der Waals surface area contributed by atoms with Gasteiger partial charge in [-0.25, -0.2) is 9.78 Å². The third-order valence-electron chi connectivity index (χ3n) is 3.25. The van der Waals surface area contributed by atoms with Crippen LogP contribution in [0.5, 0.6) is 0 Å². The van der Waals surface area contributed by atoms with Gasteiger partial charge in [-0.3, -0.25) is 0 Å². The van der Waals surface area contributed by atoms with E-state index >= 15 is 0 Å². The zero-order valence-corrected chi connectivity index (χ0v) is 10.9. The maximum absolute atomic E-state index is 11.5. The van der Waals surface area contributed by atoms with Crippen molar-refractivity contribution in [2.24, 2.45) is 5.92 Å². The molecular weight excluding hydrogens is 236 g/mol. The van der Waals surface area contributed by atoms with Gasteiger partial charge in [-0.05, 0) is 12.8 Å². The summed E-state index contributed by atoms with van der Waals surface area (Å²) in [6, 6.07) is 0. The summed E-state index contributed by atoms with van der Waals surface area (Å²) < 4.78 is 5.02. The maximum atomic E-state index is 11.5. The molecule has 4 nitrogen and oxygen atoms in total. The first kappa shape index (κ1) is 12.2. The van der Waals surface area contributed by atoms with Crippen LogP contribution in [0.4, 0.5) is 0 Å². The van der Waals surface area contributed by atoms with Crippen LogP contribution in [0.25, 0.3) is 0 Å². The first-order valence-corrected chi connectivity index (χ1v) is 6.20. The highest BCUT2D eigenvalue weighted by molar-refractivity contribution is 7.71. The van der Waals surface area contributed by atoms with E-state index in [1.54, 1.807) is 0 Å². The molecule has 0 saturated heterocycles. The molecular formula is C12H16N2O2S. The first-order chi connectivity index (χ1) is 8.11. The van der Waals surface area contributed by atoms with Crippen molar-refractivity contribution >= 4 is 18.2 Å². The number of methoxy groups -OCH3 is 1. The number of aryl methyl sites for hydroxylation is 1. The van der Waals surface area contributed by atoms with Crippen LogP contribution in [0.15, 0.2) is 0 Å². The minimum absolute atomic E-state index is 0.336. The summed E-state index contributed by atoms with van der Waals surface area (Å²) >= 11 is 5.14. The summed E-state index contributed by atoms with van der Waals surface area (Å²) in [6.07, 6.45) is 4.76. The molecule has 17 heavy (non-hydrogen) atoms. The first-order valence-electron chi connectivity index (χ1n) is 5.80. The van der Waals surface area contributed by atoms with Crippen LogP contribution in [-0.4, -0.2) is 23.0 Å². The van der Waals surface area contributed by atoms with Gasteiger partial charge in [0.2, 0.25) is 0 Å². The number of hydrogen-bond donors (Lipinski definition) is 1. The fourth-order valence-corrected chi connectivity index (χ4v) is 2.40. The van der Waals surface area contributed by atoms with Crippen LogP contribution in [0, 0.1) is 17.5 Å². The minimum atomic E-state index is -0.425. The highest BCUT2D eigenvalue weighted by Gasteiger charge is 2.20. The van der Waals surface area contributed by atoms with Gasteiger partial charge in [0.15, 0.2) is 0 Å². The van der Waals surface area contributed by atoms with E-state index in [2.05, 4.69) is 14.7 Å². The van der Waals surface area contributed by atoms with Gasteiger partial charge in [-0.1, -0.05) is 31.5 Å². The third kappa shape index (κ3) is 2.54. The van der Waals surface area contributed by atoms with Gasteiger partial charge in [0.25, 0.3) is 0 Å². The smallest absolute Gasteiger partial charge is 0.342 e. The Labute approximate surface area is 105 Å². The Morgan fingerprint density at radius 3 is 2.76 bits per heavy atom. The Bertz CT molecular complexity index is 492. The molecule has 0 amide bonds. The predicted molar refractivity (Wildman–Crippen MR) is 66.5 cm³/mol. The van der Waals surface area contributed by atoms with Crippen LogP contribution < -0.4 is 0 Å². The lowest BCUT2D eigenvalue weighted by atomic mass is 9.83.